The Hall–Kier alpha value is -0.380. The largest absolute Gasteiger partial charge is 0.329 e. The van der Waals surface area contributed by atoms with Crippen LogP contribution in [0.2, 0.25) is 0 Å². The molecular formula is C13H19BrN2. The van der Waals surface area contributed by atoms with E-state index in [1.807, 2.05) is 0 Å². The Morgan fingerprint density at radius 1 is 1.31 bits per heavy atom. The van der Waals surface area contributed by atoms with Gasteiger partial charge < -0.3 is 5.73 Å². The second-order valence-corrected chi connectivity index (χ2v) is 5.38. The molecule has 88 valence electrons. The highest BCUT2D eigenvalue weighted by Crippen LogP contribution is 2.17. The highest BCUT2D eigenvalue weighted by Gasteiger charge is 2.20. The second kappa shape index (κ2) is 5.80. The Morgan fingerprint density at radius 3 is 2.69 bits per heavy atom. The first-order chi connectivity index (χ1) is 7.79. The van der Waals surface area contributed by atoms with E-state index >= 15 is 0 Å². The highest BCUT2D eigenvalue weighted by molar-refractivity contribution is 9.10. The highest BCUT2D eigenvalue weighted by atomic mass is 79.9. The first kappa shape index (κ1) is 12.1. The molecule has 1 aromatic rings. The maximum atomic E-state index is 5.89. The van der Waals surface area contributed by atoms with Crippen LogP contribution in [-0.2, 0) is 6.42 Å². The Labute approximate surface area is 106 Å². The number of rotatable bonds is 4. The molecule has 1 fully saturated rings. The first-order valence-corrected chi connectivity index (χ1v) is 6.77. The number of nitrogens with two attached hydrogens (primary N) is 1. The molecule has 2 rings (SSSR count). The van der Waals surface area contributed by atoms with Crippen molar-refractivity contribution in [2.24, 2.45) is 5.73 Å². The van der Waals surface area contributed by atoms with E-state index in [4.69, 9.17) is 5.73 Å². The molecule has 1 saturated heterocycles. The molecule has 1 aliphatic rings. The third kappa shape index (κ3) is 3.06. The van der Waals surface area contributed by atoms with Gasteiger partial charge in [0.15, 0.2) is 0 Å². The average Bonchev–Trinajstić information content (AvgIpc) is 2.79. The summed E-state index contributed by atoms with van der Waals surface area (Å²) >= 11 is 3.51. The first-order valence-electron chi connectivity index (χ1n) is 5.98. The molecule has 16 heavy (non-hydrogen) atoms. The van der Waals surface area contributed by atoms with Crippen molar-refractivity contribution in [1.82, 2.24) is 4.90 Å². The average molecular weight is 283 g/mol. The lowest BCUT2D eigenvalue weighted by Crippen LogP contribution is -2.40. The normalized spacial score (nSPS) is 18.9. The summed E-state index contributed by atoms with van der Waals surface area (Å²) in [5.41, 5.74) is 7.26. The van der Waals surface area contributed by atoms with Crippen molar-refractivity contribution < 1.29 is 0 Å². The summed E-state index contributed by atoms with van der Waals surface area (Å²) in [6.45, 7) is 3.19. The molecule has 1 aliphatic heterocycles. The molecule has 1 aromatic carbocycles. The summed E-state index contributed by atoms with van der Waals surface area (Å²) in [5, 5.41) is 0. The molecule has 2 nitrogen and oxygen atoms in total. The fourth-order valence-corrected chi connectivity index (χ4v) is 2.85. The summed E-state index contributed by atoms with van der Waals surface area (Å²) in [5.74, 6) is 0. The molecule has 0 aromatic heterocycles. The number of halogens is 1. The van der Waals surface area contributed by atoms with Gasteiger partial charge in [0.25, 0.3) is 0 Å². The number of hydrogen-bond donors (Lipinski definition) is 1. The Morgan fingerprint density at radius 2 is 2.06 bits per heavy atom. The minimum Gasteiger partial charge on any atom is -0.329 e. The van der Waals surface area contributed by atoms with Gasteiger partial charge in [-0.3, -0.25) is 4.90 Å². The van der Waals surface area contributed by atoms with Crippen LogP contribution in [0, 0.1) is 0 Å². The maximum absolute atomic E-state index is 5.89. The van der Waals surface area contributed by atoms with Gasteiger partial charge >= 0.3 is 0 Å². The summed E-state index contributed by atoms with van der Waals surface area (Å²) in [6, 6.07) is 9.05. The Bertz CT molecular complexity index is 334. The number of likely N-dealkylation sites (tertiary alicyclic amines) is 1. The standard InChI is InChI=1S/C13H19BrN2/c14-12-5-3-4-11(8-12)9-13(10-15)16-6-1-2-7-16/h3-5,8,13H,1-2,6-7,9-10,15H2. The molecule has 0 saturated carbocycles. The van der Waals surface area contributed by atoms with Crippen LogP contribution in [0.4, 0.5) is 0 Å². The van der Waals surface area contributed by atoms with E-state index in [1.54, 1.807) is 0 Å². The van der Waals surface area contributed by atoms with Crippen LogP contribution in [0.25, 0.3) is 0 Å². The SMILES string of the molecule is NCC(Cc1cccc(Br)c1)N1CCCC1. The predicted molar refractivity (Wildman–Crippen MR) is 71.5 cm³/mol. The lowest BCUT2D eigenvalue weighted by molar-refractivity contribution is 0.246. The zero-order valence-electron chi connectivity index (χ0n) is 9.53. The van der Waals surface area contributed by atoms with Gasteiger partial charge in [0.05, 0.1) is 0 Å². The fourth-order valence-electron chi connectivity index (χ4n) is 2.40. The quantitative estimate of drug-likeness (QED) is 0.919. The Kier molecular flexibility index (Phi) is 4.38. The number of benzene rings is 1. The van der Waals surface area contributed by atoms with Crippen molar-refractivity contribution in [3.05, 3.63) is 34.3 Å². The van der Waals surface area contributed by atoms with Crippen molar-refractivity contribution in [1.29, 1.82) is 0 Å². The van der Waals surface area contributed by atoms with Crippen LogP contribution >= 0.6 is 15.9 Å². The molecule has 0 amide bonds. The van der Waals surface area contributed by atoms with E-state index in [9.17, 15) is 0 Å². The van der Waals surface area contributed by atoms with Gasteiger partial charge in [-0.2, -0.15) is 0 Å². The van der Waals surface area contributed by atoms with Crippen LogP contribution in [0.15, 0.2) is 28.7 Å². The number of nitrogens with zero attached hydrogens (tertiary/aromatic N) is 1. The van der Waals surface area contributed by atoms with Crippen molar-refractivity contribution in [2.45, 2.75) is 25.3 Å². The van der Waals surface area contributed by atoms with Gasteiger partial charge in [0.1, 0.15) is 0 Å². The zero-order valence-corrected chi connectivity index (χ0v) is 11.1. The molecule has 1 heterocycles. The molecule has 0 radical (unpaired) electrons. The molecule has 0 aliphatic carbocycles. The van der Waals surface area contributed by atoms with Gasteiger partial charge in [-0.05, 0) is 50.0 Å². The molecule has 1 atom stereocenters. The summed E-state index contributed by atoms with van der Waals surface area (Å²) in [7, 11) is 0. The fraction of sp³-hybridized carbons (Fsp3) is 0.538. The van der Waals surface area contributed by atoms with Crippen LogP contribution < -0.4 is 5.73 Å². The molecule has 0 bridgehead atoms. The van der Waals surface area contributed by atoms with Gasteiger partial charge in [-0.1, -0.05) is 28.1 Å². The van der Waals surface area contributed by atoms with Crippen molar-refractivity contribution >= 4 is 15.9 Å². The third-order valence-corrected chi connectivity index (χ3v) is 3.78. The van der Waals surface area contributed by atoms with Crippen molar-refractivity contribution in [3.63, 3.8) is 0 Å². The van der Waals surface area contributed by atoms with E-state index in [0.29, 0.717) is 6.04 Å². The minimum atomic E-state index is 0.511. The molecule has 0 spiro atoms. The van der Waals surface area contributed by atoms with E-state index in [2.05, 4.69) is 45.1 Å². The van der Waals surface area contributed by atoms with Crippen LogP contribution in [0.3, 0.4) is 0 Å². The topological polar surface area (TPSA) is 29.3 Å². The second-order valence-electron chi connectivity index (χ2n) is 4.47. The Balaban J connectivity index is 2.00. The summed E-state index contributed by atoms with van der Waals surface area (Å²) in [4.78, 5) is 2.53. The van der Waals surface area contributed by atoms with Crippen LogP contribution in [-0.4, -0.2) is 30.6 Å². The van der Waals surface area contributed by atoms with E-state index in [1.165, 1.54) is 31.5 Å². The van der Waals surface area contributed by atoms with E-state index in [-0.39, 0.29) is 0 Å². The predicted octanol–water partition coefficient (Wildman–Crippen LogP) is 2.41. The molecule has 2 N–H and O–H groups in total. The van der Waals surface area contributed by atoms with Crippen LogP contribution in [0.1, 0.15) is 18.4 Å². The lowest BCUT2D eigenvalue weighted by atomic mass is 10.1. The molecule has 3 heteroatoms. The third-order valence-electron chi connectivity index (χ3n) is 3.29. The van der Waals surface area contributed by atoms with Gasteiger partial charge in [-0.25, -0.2) is 0 Å². The molecule has 1 unspecified atom stereocenters. The van der Waals surface area contributed by atoms with E-state index < -0.39 is 0 Å². The van der Waals surface area contributed by atoms with E-state index in [0.717, 1.165) is 17.4 Å². The maximum Gasteiger partial charge on any atom is 0.0258 e. The minimum absolute atomic E-state index is 0.511. The van der Waals surface area contributed by atoms with Gasteiger partial charge in [0, 0.05) is 17.1 Å². The number of hydrogen-bond acceptors (Lipinski definition) is 2. The van der Waals surface area contributed by atoms with Crippen molar-refractivity contribution in [2.75, 3.05) is 19.6 Å². The monoisotopic (exact) mass is 282 g/mol. The lowest BCUT2D eigenvalue weighted by Gasteiger charge is -2.26. The summed E-state index contributed by atoms with van der Waals surface area (Å²) in [6.07, 6.45) is 3.72. The van der Waals surface area contributed by atoms with Gasteiger partial charge in [-0.15, -0.1) is 0 Å². The molecular weight excluding hydrogens is 264 g/mol. The zero-order chi connectivity index (χ0) is 11.4. The summed E-state index contributed by atoms with van der Waals surface area (Å²) < 4.78 is 1.15. The van der Waals surface area contributed by atoms with Gasteiger partial charge in [0.2, 0.25) is 0 Å². The van der Waals surface area contributed by atoms with Crippen molar-refractivity contribution in [3.8, 4) is 0 Å². The smallest absolute Gasteiger partial charge is 0.0258 e. The van der Waals surface area contributed by atoms with Crippen LogP contribution in [0.5, 0.6) is 0 Å².